The molecule has 0 radical (unpaired) electrons. The van der Waals surface area contributed by atoms with E-state index in [0.717, 1.165) is 5.56 Å². The first kappa shape index (κ1) is 25.5. The lowest BCUT2D eigenvalue weighted by molar-refractivity contribution is 0.0526. The summed E-state index contributed by atoms with van der Waals surface area (Å²) >= 11 is 18.0. The zero-order valence-corrected chi connectivity index (χ0v) is 20.8. The Morgan fingerprint density at radius 2 is 1.62 bits per heavy atom. The summed E-state index contributed by atoms with van der Waals surface area (Å²) in [6, 6.07) is 18.5. The summed E-state index contributed by atoms with van der Waals surface area (Å²) in [5, 5.41) is 3.89. The van der Waals surface area contributed by atoms with Gasteiger partial charge in [-0.05, 0) is 85.4 Å². The number of nitrogens with zero attached hydrogens (tertiary/aromatic N) is 1. The molecule has 9 heteroatoms. The third kappa shape index (κ3) is 6.47. The summed E-state index contributed by atoms with van der Waals surface area (Å²) in [4.78, 5) is 26.5. The third-order valence-corrected chi connectivity index (χ3v) is 5.76. The topological polar surface area (TPSA) is 67.9 Å². The summed E-state index contributed by atoms with van der Waals surface area (Å²) in [5.74, 6) is -0.153. The molecule has 3 aromatic carbocycles. The van der Waals surface area contributed by atoms with Crippen molar-refractivity contribution in [2.45, 2.75) is 13.5 Å². The van der Waals surface area contributed by atoms with Crippen molar-refractivity contribution in [3.05, 3.63) is 93.5 Å². The molecule has 1 N–H and O–H groups in total. The first-order chi connectivity index (χ1) is 16.3. The molecule has 1 amide bonds. The van der Waals surface area contributed by atoms with Crippen LogP contribution in [0.25, 0.3) is 0 Å². The van der Waals surface area contributed by atoms with Gasteiger partial charge in [0.2, 0.25) is 0 Å². The number of methoxy groups -OCH3 is 1. The Morgan fingerprint density at radius 3 is 2.21 bits per heavy atom. The number of carbonyl (C=O) groups is 2. The van der Waals surface area contributed by atoms with Crippen LogP contribution in [0.4, 0.5) is 5.69 Å². The average molecular weight is 517 g/mol. The highest BCUT2D eigenvalue weighted by Crippen LogP contribution is 2.25. The first-order valence-corrected chi connectivity index (χ1v) is 11.5. The van der Waals surface area contributed by atoms with Crippen LogP contribution in [0.5, 0.6) is 5.75 Å². The predicted octanol–water partition coefficient (Wildman–Crippen LogP) is 5.90. The normalized spacial score (nSPS) is 10.4. The molecule has 3 rings (SSSR count). The lowest BCUT2D eigenvalue weighted by Crippen LogP contribution is -2.42. The number of anilines is 1. The summed E-state index contributed by atoms with van der Waals surface area (Å²) in [7, 11) is 1.55. The van der Waals surface area contributed by atoms with Crippen molar-refractivity contribution in [1.29, 1.82) is 0 Å². The van der Waals surface area contributed by atoms with Gasteiger partial charge < -0.3 is 14.4 Å². The minimum Gasteiger partial charge on any atom is -0.497 e. The second kappa shape index (κ2) is 11.8. The number of hydrogen-bond donors (Lipinski definition) is 1. The van der Waals surface area contributed by atoms with Gasteiger partial charge >= 0.3 is 5.97 Å². The number of rotatable bonds is 7. The molecular weight excluding hydrogens is 495 g/mol. The number of esters is 1. The van der Waals surface area contributed by atoms with Gasteiger partial charge in [0, 0.05) is 21.3 Å². The van der Waals surface area contributed by atoms with Gasteiger partial charge in [0.25, 0.3) is 5.91 Å². The summed E-state index contributed by atoms with van der Waals surface area (Å²) in [6.07, 6.45) is 0. The largest absolute Gasteiger partial charge is 0.497 e. The molecule has 0 aliphatic rings. The molecule has 0 unspecified atom stereocenters. The van der Waals surface area contributed by atoms with Gasteiger partial charge in [-0.3, -0.25) is 10.1 Å². The van der Waals surface area contributed by atoms with Gasteiger partial charge in [-0.2, -0.15) is 0 Å². The molecule has 0 saturated heterocycles. The molecule has 0 aromatic heterocycles. The number of carbonyl (C=O) groups excluding carboxylic acids is 2. The van der Waals surface area contributed by atoms with Gasteiger partial charge in [-0.25, -0.2) is 4.79 Å². The molecular formula is C25H22Cl2N2O4S. The van der Waals surface area contributed by atoms with Crippen LogP contribution in [0.3, 0.4) is 0 Å². The Balaban J connectivity index is 1.87. The van der Waals surface area contributed by atoms with Crippen molar-refractivity contribution in [2.75, 3.05) is 18.6 Å². The van der Waals surface area contributed by atoms with Gasteiger partial charge in [-0.15, -0.1) is 0 Å². The van der Waals surface area contributed by atoms with E-state index in [-0.39, 0.29) is 24.2 Å². The molecule has 0 saturated carbocycles. The SMILES string of the molecule is CCOC(=O)c1ccc(N(Cc2ccc(Cl)cc2Cl)C(=S)NC(=O)c2ccc(OC)cc2)cc1. The quantitative estimate of drug-likeness (QED) is 0.311. The van der Waals surface area contributed by atoms with Gasteiger partial charge in [0.15, 0.2) is 5.11 Å². The standard InChI is InChI=1S/C25H22Cl2N2O4S/c1-3-33-24(31)17-5-10-20(11-6-17)29(15-18-4-9-19(26)14-22(18)27)25(34)28-23(30)16-7-12-21(32-2)13-8-16/h4-14H,3,15H2,1-2H3,(H,28,30,34). The van der Waals surface area contributed by atoms with E-state index in [1.807, 2.05) is 0 Å². The van der Waals surface area contributed by atoms with Crippen molar-refractivity contribution in [3.8, 4) is 5.75 Å². The first-order valence-electron chi connectivity index (χ1n) is 10.3. The number of benzene rings is 3. The van der Waals surface area contributed by atoms with Crippen LogP contribution in [0.1, 0.15) is 33.2 Å². The molecule has 0 aliphatic carbocycles. The fourth-order valence-electron chi connectivity index (χ4n) is 3.07. The Bertz CT molecular complexity index is 1180. The van der Waals surface area contributed by atoms with Crippen LogP contribution in [-0.4, -0.2) is 30.7 Å². The van der Waals surface area contributed by atoms with E-state index in [1.54, 1.807) is 85.7 Å². The second-order valence-electron chi connectivity index (χ2n) is 7.08. The van der Waals surface area contributed by atoms with Crippen LogP contribution in [-0.2, 0) is 11.3 Å². The minimum absolute atomic E-state index is 0.163. The molecule has 0 spiro atoms. The van der Waals surface area contributed by atoms with E-state index in [0.29, 0.717) is 32.6 Å². The lowest BCUT2D eigenvalue weighted by atomic mass is 10.1. The highest BCUT2D eigenvalue weighted by Gasteiger charge is 2.19. The van der Waals surface area contributed by atoms with E-state index in [1.165, 1.54) is 0 Å². The van der Waals surface area contributed by atoms with Crippen LogP contribution >= 0.6 is 35.4 Å². The van der Waals surface area contributed by atoms with Crippen molar-refractivity contribution in [2.24, 2.45) is 0 Å². The molecule has 0 atom stereocenters. The Morgan fingerprint density at radius 1 is 0.971 bits per heavy atom. The molecule has 0 bridgehead atoms. The fraction of sp³-hybridized carbons (Fsp3) is 0.160. The van der Waals surface area contributed by atoms with Crippen LogP contribution in [0.2, 0.25) is 10.0 Å². The fourth-order valence-corrected chi connectivity index (χ4v) is 3.80. The lowest BCUT2D eigenvalue weighted by Gasteiger charge is -2.26. The molecule has 0 fully saturated rings. The summed E-state index contributed by atoms with van der Waals surface area (Å²) < 4.78 is 10.2. The van der Waals surface area contributed by atoms with Crippen molar-refractivity contribution < 1.29 is 19.1 Å². The average Bonchev–Trinajstić information content (AvgIpc) is 2.84. The van der Waals surface area contributed by atoms with E-state index in [9.17, 15) is 9.59 Å². The third-order valence-electron chi connectivity index (χ3n) is 4.85. The number of halogens is 2. The molecule has 6 nitrogen and oxygen atoms in total. The number of nitrogens with one attached hydrogen (secondary N) is 1. The van der Waals surface area contributed by atoms with Crippen molar-refractivity contribution >= 4 is 58.1 Å². The maximum Gasteiger partial charge on any atom is 0.338 e. The Labute approximate surface area is 213 Å². The monoisotopic (exact) mass is 516 g/mol. The molecule has 0 aliphatic heterocycles. The van der Waals surface area contributed by atoms with Gasteiger partial charge in [-0.1, -0.05) is 29.3 Å². The Kier molecular flexibility index (Phi) is 8.87. The minimum atomic E-state index is -0.420. The predicted molar refractivity (Wildman–Crippen MR) is 138 cm³/mol. The summed E-state index contributed by atoms with van der Waals surface area (Å²) in [5.41, 5.74) is 2.23. The molecule has 34 heavy (non-hydrogen) atoms. The zero-order chi connectivity index (χ0) is 24.7. The Hall–Kier alpha value is -3.13. The maximum absolute atomic E-state index is 12.8. The molecule has 0 heterocycles. The number of thiocarbonyl (C=S) groups is 1. The summed E-state index contributed by atoms with van der Waals surface area (Å²) in [6.45, 7) is 2.29. The van der Waals surface area contributed by atoms with E-state index < -0.39 is 5.97 Å². The second-order valence-corrected chi connectivity index (χ2v) is 8.31. The smallest absolute Gasteiger partial charge is 0.338 e. The zero-order valence-electron chi connectivity index (χ0n) is 18.5. The van der Waals surface area contributed by atoms with Crippen LogP contribution in [0.15, 0.2) is 66.7 Å². The van der Waals surface area contributed by atoms with Crippen LogP contribution in [0, 0.1) is 0 Å². The maximum atomic E-state index is 12.8. The number of amides is 1. The molecule has 176 valence electrons. The van der Waals surface area contributed by atoms with Gasteiger partial charge in [0.05, 0.1) is 25.8 Å². The van der Waals surface area contributed by atoms with E-state index in [2.05, 4.69) is 5.32 Å². The highest BCUT2D eigenvalue weighted by atomic mass is 35.5. The molecule has 3 aromatic rings. The van der Waals surface area contributed by atoms with Crippen molar-refractivity contribution in [3.63, 3.8) is 0 Å². The van der Waals surface area contributed by atoms with E-state index >= 15 is 0 Å². The van der Waals surface area contributed by atoms with Gasteiger partial charge in [0.1, 0.15) is 5.75 Å². The highest BCUT2D eigenvalue weighted by molar-refractivity contribution is 7.80. The number of ether oxygens (including phenoxy) is 2. The number of hydrogen-bond acceptors (Lipinski definition) is 5. The van der Waals surface area contributed by atoms with Crippen LogP contribution < -0.4 is 15.0 Å². The van der Waals surface area contributed by atoms with E-state index in [4.69, 9.17) is 44.9 Å². The van der Waals surface area contributed by atoms with Crippen molar-refractivity contribution in [1.82, 2.24) is 5.32 Å².